The highest BCUT2D eigenvalue weighted by Gasteiger charge is 2.17. The van der Waals surface area contributed by atoms with E-state index in [1.165, 1.54) is 36.0 Å². The lowest BCUT2D eigenvalue weighted by molar-refractivity contribution is 0.582. The summed E-state index contributed by atoms with van der Waals surface area (Å²) in [5.74, 6) is 0.972. The fraction of sp³-hybridized carbons (Fsp3) is 0.294. The van der Waals surface area contributed by atoms with Crippen LogP contribution in [0, 0.1) is 0 Å². The third kappa shape index (κ3) is 2.01. The maximum absolute atomic E-state index is 5.53. The minimum atomic E-state index is 0.972. The summed E-state index contributed by atoms with van der Waals surface area (Å²) in [5.41, 5.74) is 5.59. The Kier molecular flexibility index (Phi) is 3.06. The summed E-state index contributed by atoms with van der Waals surface area (Å²) in [6, 6.07) is 10.5. The first kappa shape index (κ1) is 11.3. The Morgan fingerprint density at radius 1 is 1.17 bits per heavy atom. The summed E-state index contributed by atoms with van der Waals surface area (Å²) in [7, 11) is 0. The molecule has 1 aliphatic rings. The molecule has 2 aromatic rings. The third-order valence-electron chi connectivity index (χ3n) is 3.60. The molecule has 1 aromatic carbocycles. The highest BCUT2D eigenvalue weighted by atomic mass is 16.3. The van der Waals surface area contributed by atoms with E-state index in [9.17, 15) is 0 Å². The minimum absolute atomic E-state index is 0.972. The molecule has 92 valence electrons. The van der Waals surface area contributed by atoms with Crippen molar-refractivity contribution in [1.29, 1.82) is 0 Å². The largest absolute Gasteiger partial charge is 0.464 e. The summed E-state index contributed by atoms with van der Waals surface area (Å²) >= 11 is 0. The van der Waals surface area contributed by atoms with Gasteiger partial charge in [-0.05, 0) is 42.5 Å². The normalized spacial score (nSPS) is 13.5. The molecule has 1 aliphatic carbocycles. The molecule has 0 spiro atoms. The molecule has 0 saturated carbocycles. The molecule has 3 rings (SSSR count). The van der Waals surface area contributed by atoms with Crippen molar-refractivity contribution in [3.05, 3.63) is 53.3 Å². The van der Waals surface area contributed by atoms with E-state index in [2.05, 4.69) is 31.2 Å². The van der Waals surface area contributed by atoms with Crippen molar-refractivity contribution in [3.8, 4) is 11.3 Å². The molecule has 0 atom stereocenters. The topological polar surface area (TPSA) is 13.1 Å². The predicted octanol–water partition coefficient (Wildman–Crippen LogP) is 5.08. The number of hydrogen-bond donors (Lipinski definition) is 0. The van der Waals surface area contributed by atoms with Crippen molar-refractivity contribution in [2.45, 2.75) is 32.6 Å². The average Bonchev–Trinajstić information content (AvgIpc) is 3.04. The number of hydrogen-bond acceptors (Lipinski definition) is 1. The van der Waals surface area contributed by atoms with Crippen LogP contribution in [0.4, 0.5) is 0 Å². The predicted molar refractivity (Wildman–Crippen MR) is 75.4 cm³/mol. The van der Waals surface area contributed by atoms with Crippen LogP contribution >= 0.6 is 0 Å². The molecule has 1 nitrogen and oxygen atoms in total. The van der Waals surface area contributed by atoms with Gasteiger partial charge in [0.05, 0.1) is 6.26 Å². The van der Waals surface area contributed by atoms with Gasteiger partial charge in [0.2, 0.25) is 0 Å². The Hall–Kier alpha value is -1.76. The van der Waals surface area contributed by atoms with Crippen LogP contribution in [0.15, 0.2) is 46.6 Å². The summed E-state index contributed by atoms with van der Waals surface area (Å²) < 4.78 is 5.53. The lowest BCUT2D eigenvalue weighted by Gasteiger charge is -2.04. The molecule has 18 heavy (non-hydrogen) atoms. The first-order valence-corrected chi connectivity index (χ1v) is 6.73. The van der Waals surface area contributed by atoms with Gasteiger partial charge in [-0.15, -0.1) is 0 Å². The summed E-state index contributed by atoms with van der Waals surface area (Å²) in [5, 5.41) is 0. The Balaban J connectivity index is 1.96. The van der Waals surface area contributed by atoms with E-state index in [4.69, 9.17) is 4.42 Å². The van der Waals surface area contributed by atoms with Gasteiger partial charge in [0.1, 0.15) is 5.76 Å². The first-order valence-electron chi connectivity index (χ1n) is 6.73. The lowest BCUT2D eigenvalue weighted by atomic mass is 10.0. The van der Waals surface area contributed by atoms with Crippen molar-refractivity contribution in [3.63, 3.8) is 0 Å². The van der Waals surface area contributed by atoms with Gasteiger partial charge in [0, 0.05) is 5.56 Å². The molecule has 1 aromatic heterocycles. The van der Waals surface area contributed by atoms with Gasteiger partial charge in [-0.3, -0.25) is 0 Å². The van der Waals surface area contributed by atoms with Crippen LogP contribution in [-0.4, -0.2) is 0 Å². The van der Waals surface area contributed by atoms with E-state index in [0.717, 1.165) is 12.2 Å². The number of benzene rings is 1. The number of rotatable bonds is 4. The standard InChI is InChI=1S/C17H18O/c1-2-3-6-13-11-14-7-4-8-15(16(14)12-13)17-9-5-10-18-17/h4-5,7-10,12H,2-3,6,11H2,1H3. The second-order valence-corrected chi connectivity index (χ2v) is 4.94. The van der Waals surface area contributed by atoms with Crippen molar-refractivity contribution in [2.75, 3.05) is 0 Å². The quantitative estimate of drug-likeness (QED) is 0.724. The van der Waals surface area contributed by atoms with Crippen LogP contribution in [0.1, 0.15) is 37.3 Å². The molecular formula is C17H18O. The van der Waals surface area contributed by atoms with Gasteiger partial charge in [0.25, 0.3) is 0 Å². The molecule has 1 heteroatoms. The molecule has 0 fully saturated rings. The fourth-order valence-corrected chi connectivity index (χ4v) is 2.65. The van der Waals surface area contributed by atoms with E-state index in [1.54, 1.807) is 11.8 Å². The molecule has 0 aliphatic heterocycles. The average molecular weight is 238 g/mol. The highest BCUT2D eigenvalue weighted by molar-refractivity contribution is 5.78. The maximum atomic E-state index is 5.53. The number of furan rings is 1. The van der Waals surface area contributed by atoms with E-state index in [0.29, 0.717) is 0 Å². The van der Waals surface area contributed by atoms with E-state index in [-0.39, 0.29) is 0 Å². The van der Waals surface area contributed by atoms with Crippen LogP contribution in [-0.2, 0) is 6.42 Å². The van der Waals surface area contributed by atoms with Gasteiger partial charge in [-0.2, -0.15) is 0 Å². The molecular weight excluding hydrogens is 220 g/mol. The van der Waals surface area contributed by atoms with Gasteiger partial charge in [-0.25, -0.2) is 0 Å². The van der Waals surface area contributed by atoms with Crippen LogP contribution in [0.3, 0.4) is 0 Å². The minimum Gasteiger partial charge on any atom is -0.464 e. The zero-order valence-corrected chi connectivity index (χ0v) is 10.8. The number of fused-ring (bicyclic) bond motifs is 1. The van der Waals surface area contributed by atoms with E-state index in [1.807, 2.05) is 12.1 Å². The molecule has 0 amide bonds. The highest BCUT2D eigenvalue weighted by Crippen LogP contribution is 2.35. The SMILES string of the molecule is CCCCC1=Cc2c(cccc2-c2ccco2)C1. The summed E-state index contributed by atoms with van der Waals surface area (Å²) in [4.78, 5) is 0. The molecule has 0 saturated heterocycles. The zero-order valence-electron chi connectivity index (χ0n) is 10.8. The Labute approximate surface area is 108 Å². The summed E-state index contributed by atoms with van der Waals surface area (Å²) in [6.45, 7) is 2.25. The molecule has 0 N–H and O–H groups in total. The van der Waals surface area contributed by atoms with Gasteiger partial charge in [-0.1, -0.05) is 43.2 Å². The fourth-order valence-electron chi connectivity index (χ4n) is 2.65. The Bertz CT molecular complexity index is 561. The van der Waals surface area contributed by atoms with Crippen molar-refractivity contribution < 1.29 is 4.42 Å². The van der Waals surface area contributed by atoms with Gasteiger partial charge < -0.3 is 4.42 Å². The Morgan fingerprint density at radius 2 is 2.11 bits per heavy atom. The van der Waals surface area contributed by atoms with Gasteiger partial charge in [0.15, 0.2) is 0 Å². The third-order valence-corrected chi connectivity index (χ3v) is 3.60. The van der Waals surface area contributed by atoms with E-state index >= 15 is 0 Å². The van der Waals surface area contributed by atoms with E-state index < -0.39 is 0 Å². The monoisotopic (exact) mass is 238 g/mol. The van der Waals surface area contributed by atoms with Gasteiger partial charge >= 0.3 is 0 Å². The number of unbranched alkanes of at least 4 members (excludes halogenated alkanes) is 1. The van der Waals surface area contributed by atoms with Crippen LogP contribution in [0.25, 0.3) is 17.4 Å². The summed E-state index contributed by atoms with van der Waals surface area (Å²) in [6.07, 6.45) is 9.00. The zero-order chi connectivity index (χ0) is 12.4. The van der Waals surface area contributed by atoms with Crippen molar-refractivity contribution in [2.24, 2.45) is 0 Å². The van der Waals surface area contributed by atoms with Crippen LogP contribution in [0.2, 0.25) is 0 Å². The van der Waals surface area contributed by atoms with Crippen molar-refractivity contribution >= 4 is 6.08 Å². The molecule has 0 radical (unpaired) electrons. The maximum Gasteiger partial charge on any atom is 0.134 e. The van der Waals surface area contributed by atoms with Crippen molar-refractivity contribution in [1.82, 2.24) is 0 Å². The first-order chi connectivity index (χ1) is 8.88. The molecule has 0 unspecified atom stereocenters. The second-order valence-electron chi connectivity index (χ2n) is 4.94. The molecule has 1 heterocycles. The second kappa shape index (κ2) is 4.85. The van der Waals surface area contributed by atoms with Crippen LogP contribution in [0.5, 0.6) is 0 Å². The smallest absolute Gasteiger partial charge is 0.134 e. The molecule has 0 bridgehead atoms. The lowest BCUT2D eigenvalue weighted by Crippen LogP contribution is -1.86. The number of allylic oxidation sites excluding steroid dienone is 1. The van der Waals surface area contributed by atoms with Crippen LogP contribution < -0.4 is 0 Å². The Morgan fingerprint density at radius 3 is 2.89 bits per heavy atom.